The van der Waals surface area contributed by atoms with Crippen LogP contribution in [0, 0.1) is 18.3 Å². The van der Waals surface area contributed by atoms with E-state index in [-0.39, 0.29) is 11.8 Å². The van der Waals surface area contributed by atoms with Crippen LogP contribution in [0.25, 0.3) is 0 Å². The Labute approximate surface area is 89.9 Å². The predicted molar refractivity (Wildman–Crippen MR) is 54.2 cm³/mol. The fourth-order valence-corrected chi connectivity index (χ4v) is 2.16. The van der Waals surface area contributed by atoms with Gasteiger partial charge in [-0.25, -0.2) is 0 Å². The second-order valence-electron chi connectivity index (χ2n) is 2.91. The minimum atomic E-state index is -0.0230. The molecule has 0 aromatic carbocycles. The molecule has 1 aliphatic heterocycles. The normalized spacial score (nSPS) is 21.3. The molecule has 0 saturated carbocycles. The summed E-state index contributed by atoms with van der Waals surface area (Å²) in [7, 11) is 0. The number of hydrogen-bond acceptors (Lipinski definition) is 4. The minimum absolute atomic E-state index is 0.0132. The molecule has 2 heterocycles. The number of nitrogens with zero attached hydrogens (tertiary/aromatic N) is 3. The Hall–Kier alpha value is -1.12. The first-order valence-electron chi connectivity index (χ1n) is 3.96. The first-order chi connectivity index (χ1) is 6.70. The number of terminal acetylenes is 1. The van der Waals surface area contributed by atoms with Crippen LogP contribution in [0.15, 0.2) is 0 Å². The number of carbonyl (C=O) groups excluding carboxylic acids is 1. The van der Waals surface area contributed by atoms with Gasteiger partial charge in [-0.2, -0.15) is 0 Å². The molecule has 1 saturated heterocycles. The molecule has 0 radical (unpaired) electrons. The van der Waals surface area contributed by atoms with E-state index in [0.29, 0.717) is 22.6 Å². The van der Waals surface area contributed by atoms with Crippen LogP contribution in [-0.4, -0.2) is 22.6 Å². The lowest BCUT2D eigenvalue weighted by atomic mass is 10.1. The molecule has 0 aliphatic carbocycles. The van der Waals surface area contributed by atoms with Gasteiger partial charge in [0.25, 0.3) is 0 Å². The smallest absolute Gasteiger partial charge is 0.230 e. The van der Waals surface area contributed by atoms with Gasteiger partial charge in [0.2, 0.25) is 15.5 Å². The van der Waals surface area contributed by atoms with Crippen LogP contribution in [0.4, 0.5) is 5.13 Å². The maximum atomic E-state index is 11.5. The van der Waals surface area contributed by atoms with Crippen LogP contribution in [-0.2, 0) is 4.79 Å². The van der Waals surface area contributed by atoms with Gasteiger partial charge >= 0.3 is 0 Å². The van der Waals surface area contributed by atoms with Gasteiger partial charge < -0.3 is 0 Å². The van der Waals surface area contributed by atoms with Gasteiger partial charge in [0, 0.05) is 18.9 Å². The molecule has 4 nitrogen and oxygen atoms in total. The second-order valence-corrected chi connectivity index (χ2v) is 4.45. The van der Waals surface area contributed by atoms with E-state index in [9.17, 15) is 4.79 Å². The topological polar surface area (TPSA) is 46.1 Å². The number of carbonyl (C=O) groups is 1. The molecule has 2 rings (SSSR count). The summed E-state index contributed by atoms with van der Waals surface area (Å²) in [5, 5.41) is 7.95. The highest BCUT2D eigenvalue weighted by atomic mass is 35.5. The van der Waals surface area contributed by atoms with Crippen LogP contribution < -0.4 is 4.90 Å². The van der Waals surface area contributed by atoms with E-state index in [2.05, 4.69) is 16.1 Å². The highest BCUT2D eigenvalue weighted by Crippen LogP contribution is 2.29. The third kappa shape index (κ3) is 1.59. The highest BCUT2D eigenvalue weighted by Gasteiger charge is 2.31. The standard InChI is InChI=1S/C8H6ClN3OS/c1-2-5-3-6(13)12(4-5)8-11-10-7(9)14-8/h1,5H,3-4H2. The average Bonchev–Trinajstić information content (AvgIpc) is 2.71. The summed E-state index contributed by atoms with van der Waals surface area (Å²) < 4.78 is 0.331. The van der Waals surface area contributed by atoms with E-state index in [1.54, 1.807) is 0 Å². The number of anilines is 1. The van der Waals surface area contributed by atoms with Crippen molar-refractivity contribution < 1.29 is 4.79 Å². The van der Waals surface area contributed by atoms with Crippen LogP contribution in [0.5, 0.6) is 0 Å². The second kappa shape index (κ2) is 3.56. The Morgan fingerprint density at radius 3 is 2.93 bits per heavy atom. The van der Waals surface area contributed by atoms with Crippen molar-refractivity contribution in [2.45, 2.75) is 6.42 Å². The number of hydrogen-bond donors (Lipinski definition) is 0. The zero-order chi connectivity index (χ0) is 10.1. The summed E-state index contributed by atoms with van der Waals surface area (Å²) in [5.41, 5.74) is 0. The lowest BCUT2D eigenvalue weighted by molar-refractivity contribution is -0.117. The fraction of sp³-hybridized carbons (Fsp3) is 0.375. The van der Waals surface area contributed by atoms with E-state index in [4.69, 9.17) is 18.0 Å². The van der Waals surface area contributed by atoms with Gasteiger partial charge in [-0.15, -0.1) is 22.5 Å². The lowest BCUT2D eigenvalue weighted by Crippen LogP contribution is -2.24. The largest absolute Gasteiger partial charge is 0.285 e. The monoisotopic (exact) mass is 227 g/mol. The number of halogens is 1. The van der Waals surface area contributed by atoms with E-state index < -0.39 is 0 Å². The van der Waals surface area contributed by atoms with Crippen LogP contribution in [0.2, 0.25) is 4.47 Å². The molecule has 0 bridgehead atoms. The van der Waals surface area contributed by atoms with Gasteiger partial charge in [-0.05, 0) is 11.6 Å². The molecule has 72 valence electrons. The molecule has 1 atom stereocenters. The summed E-state index contributed by atoms with van der Waals surface area (Å²) in [6.07, 6.45) is 5.64. The summed E-state index contributed by atoms with van der Waals surface area (Å²) in [6.45, 7) is 0.515. The molecule has 6 heteroatoms. The van der Waals surface area contributed by atoms with E-state index in [1.807, 2.05) is 0 Å². The van der Waals surface area contributed by atoms with Crippen molar-refractivity contribution in [3.8, 4) is 12.3 Å². The maximum Gasteiger partial charge on any atom is 0.230 e. The van der Waals surface area contributed by atoms with Gasteiger partial charge in [-0.1, -0.05) is 11.3 Å². The molecule has 1 unspecified atom stereocenters. The van der Waals surface area contributed by atoms with Crippen LogP contribution >= 0.6 is 22.9 Å². The fourth-order valence-electron chi connectivity index (χ4n) is 1.31. The predicted octanol–water partition coefficient (Wildman–Crippen LogP) is 1.18. The van der Waals surface area contributed by atoms with Crippen molar-refractivity contribution in [3.63, 3.8) is 0 Å². The summed E-state index contributed by atoms with van der Waals surface area (Å²) in [4.78, 5) is 13.0. The number of rotatable bonds is 1. The molecule has 1 fully saturated rings. The zero-order valence-electron chi connectivity index (χ0n) is 7.11. The molecule has 1 amide bonds. The minimum Gasteiger partial charge on any atom is -0.285 e. The Morgan fingerprint density at radius 2 is 2.43 bits per heavy atom. The summed E-state index contributed by atoms with van der Waals surface area (Å²) >= 11 is 6.80. The van der Waals surface area contributed by atoms with Gasteiger partial charge in [0.1, 0.15) is 0 Å². The molecule has 1 aliphatic rings. The Bertz CT molecular complexity index is 411. The highest BCUT2D eigenvalue weighted by molar-refractivity contribution is 7.19. The quantitative estimate of drug-likeness (QED) is 0.677. The number of amides is 1. The van der Waals surface area contributed by atoms with E-state index >= 15 is 0 Å². The van der Waals surface area contributed by atoms with E-state index in [0.717, 1.165) is 0 Å². The molecule has 0 N–H and O–H groups in total. The Morgan fingerprint density at radius 1 is 1.64 bits per heavy atom. The lowest BCUT2D eigenvalue weighted by Gasteiger charge is -2.09. The van der Waals surface area contributed by atoms with Crippen molar-refractivity contribution >= 4 is 34.0 Å². The van der Waals surface area contributed by atoms with Crippen molar-refractivity contribution in [2.75, 3.05) is 11.4 Å². The summed E-state index contributed by atoms with van der Waals surface area (Å²) in [6, 6.07) is 0. The van der Waals surface area contributed by atoms with Gasteiger partial charge in [-0.3, -0.25) is 9.69 Å². The number of aromatic nitrogens is 2. The molecular weight excluding hydrogens is 222 g/mol. The van der Waals surface area contributed by atoms with Crippen molar-refractivity contribution in [3.05, 3.63) is 4.47 Å². The molecule has 1 aromatic heterocycles. The van der Waals surface area contributed by atoms with Crippen LogP contribution in [0.3, 0.4) is 0 Å². The van der Waals surface area contributed by atoms with Crippen LogP contribution in [0.1, 0.15) is 6.42 Å². The first-order valence-corrected chi connectivity index (χ1v) is 5.15. The van der Waals surface area contributed by atoms with Gasteiger partial charge in [0.05, 0.1) is 0 Å². The third-order valence-corrected chi connectivity index (χ3v) is 3.02. The van der Waals surface area contributed by atoms with Gasteiger partial charge in [0.15, 0.2) is 0 Å². The van der Waals surface area contributed by atoms with E-state index in [1.165, 1.54) is 16.2 Å². The Balaban J connectivity index is 2.21. The zero-order valence-corrected chi connectivity index (χ0v) is 8.68. The molecule has 0 spiro atoms. The van der Waals surface area contributed by atoms with Crippen molar-refractivity contribution in [2.24, 2.45) is 5.92 Å². The SMILES string of the molecule is C#CC1CC(=O)N(c2nnc(Cl)s2)C1. The average molecular weight is 228 g/mol. The third-order valence-electron chi connectivity index (χ3n) is 1.98. The van der Waals surface area contributed by atoms with Crippen molar-refractivity contribution in [1.29, 1.82) is 0 Å². The molecular formula is C8H6ClN3OS. The van der Waals surface area contributed by atoms with Crippen molar-refractivity contribution in [1.82, 2.24) is 10.2 Å². The summed E-state index contributed by atoms with van der Waals surface area (Å²) in [5.74, 6) is 2.53. The molecule has 1 aromatic rings. The molecule has 14 heavy (non-hydrogen) atoms. The Kier molecular flexibility index (Phi) is 2.40. The first kappa shape index (κ1) is 9.44. The maximum absolute atomic E-state index is 11.5.